The lowest BCUT2D eigenvalue weighted by atomic mass is 10.1. The van der Waals surface area contributed by atoms with Crippen LogP contribution >= 0.6 is 0 Å². The molecule has 3 heterocycles. The predicted molar refractivity (Wildman–Crippen MR) is 139 cm³/mol. The largest absolute Gasteiger partial charge is 0.497 e. The van der Waals surface area contributed by atoms with Gasteiger partial charge in [0.1, 0.15) is 5.75 Å². The Hall–Kier alpha value is -3.98. The van der Waals surface area contributed by atoms with Crippen LogP contribution in [0.25, 0.3) is 22.3 Å². The second-order valence-electron chi connectivity index (χ2n) is 8.98. The standard InChI is InChI=1S/C27H30N6O3/c1-31-18-20(16-29-31)26-17-28-24-7-6-21(15-25(24)30-26)33(10-5-11-34)22-12-19(13-23(14-22)36-2)27(35)32-8-3-4-9-32/h6-7,12-18,34H,3-5,8-11H2,1-2H3. The molecule has 4 aromatic rings. The number of aliphatic hydroxyl groups excluding tert-OH is 1. The minimum atomic E-state index is 0.0141. The summed E-state index contributed by atoms with van der Waals surface area (Å²) in [5.74, 6) is 0.628. The van der Waals surface area contributed by atoms with E-state index in [0.29, 0.717) is 24.3 Å². The molecule has 2 aromatic carbocycles. The van der Waals surface area contributed by atoms with Crippen LogP contribution in [0.3, 0.4) is 0 Å². The fourth-order valence-corrected chi connectivity index (χ4v) is 4.58. The maximum absolute atomic E-state index is 13.2. The quantitative estimate of drug-likeness (QED) is 0.405. The number of amides is 1. The molecule has 1 N–H and O–H groups in total. The monoisotopic (exact) mass is 486 g/mol. The zero-order valence-corrected chi connectivity index (χ0v) is 20.6. The van der Waals surface area contributed by atoms with Crippen LogP contribution in [0, 0.1) is 0 Å². The number of nitrogens with zero attached hydrogens (tertiary/aromatic N) is 6. The summed E-state index contributed by atoms with van der Waals surface area (Å²) in [6.07, 6.45) is 8.05. The third kappa shape index (κ3) is 4.87. The van der Waals surface area contributed by atoms with Crippen LogP contribution in [0.1, 0.15) is 29.6 Å². The summed E-state index contributed by atoms with van der Waals surface area (Å²) in [5.41, 5.74) is 5.48. The molecule has 0 unspecified atom stereocenters. The van der Waals surface area contributed by atoms with Gasteiger partial charge in [0.25, 0.3) is 5.91 Å². The number of fused-ring (bicyclic) bond motifs is 1. The summed E-state index contributed by atoms with van der Waals surface area (Å²) in [5, 5.41) is 13.8. The van der Waals surface area contributed by atoms with E-state index < -0.39 is 0 Å². The van der Waals surface area contributed by atoms with Gasteiger partial charge < -0.3 is 19.6 Å². The van der Waals surface area contributed by atoms with E-state index in [1.807, 2.05) is 48.5 Å². The third-order valence-corrected chi connectivity index (χ3v) is 6.46. The smallest absolute Gasteiger partial charge is 0.254 e. The van der Waals surface area contributed by atoms with E-state index in [1.165, 1.54) is 0 Å². The van der Waals surface area contributed by atoms with Gasteiger partial charge in [-0.3, -0.25) is 14.5 Å². The van der Waals surface area contributed by atoms with Gasteiger partial charge >= 0.3 is 0 Å². The number of benzene rings is 2. The van der Waals surface area contributed by atoms with Crippen LogP contribution in [0.2, 0.25) is 0 Å². The molecule has 9 heteroatoms. The van der Waals surface area contributed by atoms with Crippen LogP contribution in [-0.2, 0) is 7.05 Å². The molecule has 0 radical (unpaired) electrons. The first-order chi connectivity index (χ1) is 17.6. The number of carbonyl (C=O) groups excluding carboxylic acids is 1. The van der Waals surface area contributed by atoms with Gasteiger partial charge in [-0.05, 0) is 49.6 Å². The third-order valence-electron chi connectivity index (χ3n) is 6.46. The van der Waals surface area contributed by atoms with Gasteiger partial charge in [-0.25, -0.2) is 4.98 Å². The topological polar surface area (TPSA) is 96.6 Å². The second kappa shape index (κ2) is 10.3. The van der Waals surface area contributed by atoms with E-state index in [4.69, 9.17) is 9.72 Å². The number of hydrogen-bond donors (Lipinski definition) is 1. The first kappa shape index (κ1) is 23.7. The van der Waals surface area contributed by atoms with E-state index in [2.05, 4.69) is 15.0 Å². The van der Waals surface area contributed by atoms with Crippen molar-refractivity contribution in [3.05, 3.63) is 60.6 Å². The zero-order valence-electron chi connectivity index (χ0n) is 20.6. The van der Waals surface area contributed by atoms with Gasteiger partial charge in [0.2, 0.25) is 0 Å². The van der Waals surface area contributed by atoms with Gasteiger partial charge in [0.15, 0.2) is 0 Å². The SMILES string of the molecule is COc1cc(C(=O)N2CCCC2)cc(N(CCCO)c2ccc3ncc(-c4cnn(C)c4)nc3c2)c1. The molecule has 0 bridgehead atoms. The van der Waals surface area contributed by atoms with Crippen LogP contribution in [0.5, 0.6) is 5.75 Å². The van der Waals surface area contributed by atoms with Crippen LogP contribution in [-0.4, -0.2) is 69.0 Å². The molecule has 0 saturated carbocycles. The molecule has 9 nitrogen and oxygen atoms in total. The Morgan fingerprint density at radius 2 is 1.92 bits per heavy atom. The molecule has 1 fully saturated rings. The number of aromatic nitrogens is 4. The number of anilines is 2. The highest BCUT2D eigenvalue weighted by molar-refractivity contribution is 5.96. The summed E-state index contributed by atoms with van der Waals surface area (Å²) >= 11 is 0. The van der Waals surface area contributed by atoms with Gasteiger partial charge in [-0.15, -0.1) is 0 Å². The molecule has 36 heavy (non-hydrogen) atoms. The molecule has 2 aromatic heterocycles. The lowest BCUT2D eigenvalue weighted by Crippen LogP contribution is -2.28. The molecule has 1 saturated heterocycles. The predicted octanol–water partition coefficient (Wildman–Crippen LogP) is 3.80. The Morgan fingerprint density at radius 1 is 1.08 bits per heavy atom. The maximum Gasteiger partial charge on any atom is 0.254 e. The van der Waals surface area contributed by atoms with E-state index >= 15 is 0 Å². The highest BCUT2D eigenvalue weighted by Crippen LogP contribution is 2.33. The first-order valence-corrected chi connectivity index (χ1v) is 12.2. The van der Waals surface area contributed by atoms with Crippen molar-refractivity contribution >= 4 is 28.3 Å². The number of aryl methyl sites for hydroxylation is 1. The van der Waals surface area contributed by atoms with E-state index in [1.54, 1.807) is 30.3 Å². The van der Waals surface area contributed by atoms with Gasteiger partial charge in [0, 0.05) is 68.1 Å². The zero-order chi connectivity index (χ0) is 25.1. The minimum absolute atomic E-state index is 0.0141. The van der Waals surface area contributed by atoms with Crippen molar-refractivity contribution in [2.24, 2.45) is 7.05 Å². The molecule has 1 amide bonds. The molecule has 0 aliphatic carbocycles. The molecular formula is C27H30N6O3. The fraction of sp³-hybridized carbons (Fsp3) is 0.333. The molecule has 0 atom stereocenters. The first-order valence-electron chi connectivity index (χ1n) is 12.2. The van der Waals surface area contributed by atoms with Crippen LogP contribution in [0.15, 0.2) is 55.0 Å². The average molecular weight is 487 g/mol. The van der Waals surface area contributed by atoms with Crippen molar-refractivity contribution in [1.82, 2.24) is 24.6 Å². The molecule has 1 aliphatic rings. The summed E-state index contributed by atoms with van der Waals surface area (Å²) in [6, 6.07) is 11.5. The number of aliphatic hydroxyl groups is 1. The van der Waals surface area contributed by atoms with Crippen molar-refractivity contribution < 1.29 is 14.6 Å². The molecule has 0 spiro atoms. The maximum atomic E-state index is 13.2. The van der Waals surface area contributed by atoms with E-state index in [0.717, 1.165) is 59.6 Å². The Morgan fingerprint density at radius 3 is 2.64 bits per heavy atom. The van der Waals surface area contributed by atoms with Gasteiger partial charge in [-0.2, -0.15) is 5.10 Å². The van der Waals surface area contributed by atoms with E-state index in [9.17, 15) is 9.90 Å². The number of likely N-dealkylation sites (tertiary alicyclic amines) is 1. The average Bonchev–Trinajstić information content (AvgIpc) is 3.60. The van der Waals surface area contributed by atoms with Gasteiger partial charge in [0.05, 0.1) is 36.2 Å². The Labute approximate surface area is 210 Å². The molecule has 1 aliphatic heterocycles. The number of methoxy groups -OCH3 is 1. The van der Waals surface area contributed by atoms with E-state index in [-0.39, 0.29) is 12.5 Å². The Balaban J connectivity index is 1.55. The highest BCUT2D eigenvalue weighted by Gasteiger charge is 2.22. The van der Waals surface area contributed by atoms with Gasteiger partial charge in [-0.1, -0.05) is 0 Å². The second-order valence-corrected chi connectivity index (χ2v) is 8.98. The van der Waals surface area contributed by atoms with Crippen LogP contribution in [0.4, 0.5) is 11.4 Å². The highest BCUT2D eigenvalue weighted by atomic mass is 16.5. The summed E-state index contributed by atoms with van der Waals surface area (Å²) in [6.45, 7) is 2.17. The normalized spacial score (nSPS) is 13.4. The molecule has 186 valence electrons. The summed E-state index contributed by atoms with van der Waals surface area (Å²) < 4.78 is 7.29. The Bertz CT molecular complexity index is 1380. The fourth-order valence-electron chi connectivity index (χ4n) is 4.58. The molecule has 5 rings (SSSR count). The van der Waals surface area contributed by atoms with Crippen molar-refractivity contribution in [2.75, 3.05) is 38.3 Å². The summed E-state index contributed by atoms with van der Waals surface area (Å²) in [4.78, 5) is 26.6. The number of hydrogen-bond acceptors (Lipinski definition) is 7. The number of carbonyl (C=O) groups is 1. The van der Waals surface area contributed by atoms with Crippen molar-refractivity contribution in [2.45, 2.75) is 19.3 Å². The van der Waals surface area contributed by atoms with Crippen molar-refractivity contribution in [3.63, 3.8) is 0 Å². The van der Waals surface area contributed by atoms with Crippen molar-refractivity contribution in [3.8, 4) is 17.0 Å². The minimum Gasteiger partial charge on any atom is -0.497 e. The Kier molecular flexibility index (Phi) is 6.81. The van der Waals surface area contributed by atoms with Crippen molar-refractivity contribution in [1.29, 1.82) is 0 Å². The lowest BCUT2D eigenvalue weighted by Gasteiger charge is -2.26. The summed E-state index contributed by atoms with van der Waals surface area (Å²) in [7, 11) is 3.47. The molecular weight excluding hydrogens is 456 g/mol. The number of rotatable bonds is 8. The lowest BCUT2D eigenvalue weighted by molar-refractivity contribution is 0.0792. The number of ether oxygens (including phenoxy) is 1. The van der Waals surface area contributed by atoms with Crippen LogP contribution < -0.4 is 9.64 Å².